The maximum Gasteiger partial charge on any atom is 0.0702 e. The maximum atomic E-state index is 5.81. The van der Waals surface area contributed by atoms with E-state index in [1.807, 2.05) is 0 Å². The minimum Gasteiger partial charge on any atom is -0.377 e. The molecule has 0 spiro atoms. The largest absolute Gasteiger partial charge is 0.377 e. The van der Waals surface area contributed by atoms with E-state index in [0.717, 1.165) is 19.7 Å². The fourth-order valence-electron chi connectivity index (χ4n) is 3.37. The molecule has 1 saturated heterocycles. The van der Waals surface area contributed by atoms with Gasteiger partial charge in [-0.2, -0.15) is 0 Å². The molecule has 0 bridgehead atoms. The van der Waals surface area contributed by atoms with Gasteiger partial charge in [0.15, 0.2) is 0 Å². The molecule has 0 saturated carbocycles. The summed E-state index contributed by atoms with van der Waals surface area (Å²) in [5.41, 5.74) is 4.13. The van der Waals surface area contributed by atoms with Crippen molar-refractivity contribution in [1.82, 2.24) is 10.2 Å². The van der Waals surface area contributed by atoms with Gasteiger partial charge in [0.2, 0.25) is 0 Å². The van der Waals surface area contributed by atoms with Gasteiger partial charge in [-0.1, -0.05) is 23.8 Å². The van der Waals surface area contributed by atoms with Crippen LogP contribution in [0.25, 0.3) is 0 Å². The average molecular weight is 290 g/mol. The SMILES string of the molecule is CCOC1CCCN(CC(NC)c2ccc(C)cc2C)C1. The van der Waals surface area contributed by atoms with Crippen LogP contribution in [0.4, 0.5) is 0 Å². The van der Waals surface area contributed by atoms with Crippen LogP contribution in [-0.4, -0.2) is 44.3 Å². The molecule has 1 N–H and O–H groups in total. The van der Waals surface area contributed by atoms with Crippen LogP contribution < -0.4 is 5.32 Å². The Labute approximate surface area is 129 Å². The number of rotatable bonds is 6. The Hall–Kier alpha value is -0.900. The van der Waals surface area contributed by atoms with E-state index in [4.69, 9.17) is 4.74 Å². The lowest BCUT2D eigenvalue weighted by molar-refractivity contribution is 0.00366. The third-order valence-corrected chi connectivity index (χ3v) is 4.45. The van der Waals surface area contributed by atoms with Crippen molar-refractivity contribution >= 4 is 0 Å². The van der Waals surface area contributed by atoms with Crippen LogP contribution in [0.15, 0.2) is 18.2 Å². The first kappa shape index (κ1) is 16.5. The highest BCUT2D eigenvalue weighted by molar-refractivity contribution is 5.33. The summed E-state index contributed by atoms with van der Waals surface area (Å²) in [6, 6.07) is 7.16. The van der Waals surface area contributed by atoms with E-state index in [1.165, 1.54) is 36.1 Å². The molecule has 3 heteroatoms. The summed E-state index contributed by atoms with van der Waals surface area (Å²) in [5.74, 6) is 0. The predicted octanol–water partition coefficient (Wildman–Crippen LogP) is 3.06. The third kappa shape index (κ3) is 4.53. The summed E-state index contributed by atoms with van der Waals surface area (Å²) in [6.45, 7) is 10.6. The normalized spacial score (nSPS) is 21.4. The van der Waals surface area contributed by atoms with Crippen molar-refractivity contribution in [2.45, 2.75) is 45.8 Å². The number of aryl methyl sites for hydroxylation is 2. The van der Waals surface area contributed by atoms with E-state index < -0.39 is 0 Å². The molecule has 1 aromatic rings. The van der Waals surface area contributed by atoms with Crippen LogP contribution in [0, 0.1) is 13.8 Å². The predicted molar refractivity (Wildman–Crippen MR) is 88.8 cm³/mol. The molecule has 0 aromatic heterocycles. The fraction of sp³-hybridized carbons (Fsp3) is 0.667. The van der Waals surface area contributed by atoms with Gasteiger partial charge in [-0.3, -0.25) is 4.90 Å². The molecule has 1 heterocycles. The molecular formula is C18H30N2O. The number of benzene rings is 1. The topological polar surface area (TPSA) is 24.5 Å². The lowest BCUT2D eigenvalue weighted by Crippen LogP contribution is -2.43. The molecule has 2 atom stereocenters. The van der Waals surface area contributed by atoms with Gasteiger partial charge in [-0.05, 0) is 58.3 Å². The van der Waals surface area contributed by atoms with Gasteiger partial charge in [0.1, 0.15) is 0 Å². The first-order valence-corrected chi connectivity index (χ1v) is 8.22. The van der Waals surface area contributed by atoms with Gasteiger partial charge in [0, 0.05) is 25.7 Å². The van der Waals surface area contributed by atoms with E-state index in [2.05, 4.69) is 56.2 Å². The molecule has 1 aliphatic rings. The fourth-order valence-corrected chi connectivity index (χ4v) is 3.37. The van der Waals surface area contributed by atoms with E-state index in [1.54, 1.807) is 0 Å². The smallest absolute Gasteiger partial charge is 0.0702 e. The van der Waals surface area contributed by atoms with Crippen molar-refractivity contribution in [3.8, 4) is 0 Å². The van der Waals surface area contributed by atoms with Gasteiger partial charge in [0.05, 0.1) is 6.10 Å². The molecule has 2 rings (SSSR count). The van der Waals surface area contributed by atoms with Crippen LogP contribution in [0.2, 0.25) is 0 Å². The van der Waals surface area contributed by atoms with Crippen molar-refractivity contribution in [2.24, 2.45) is 0 Å². The van der Waals surface area contributed by atoms with E-state index in [-0.39, 0.29) is 0 Å². The number of hydrogen-bond acceptors (Lipinski definition) is 3. The molecule has 0 amide bonds. The van der Waals surface area contributed by atoms with Crippen molar-refractivity contribution in [1.29, 1.82) is 0 Å². The summed E-state index contributed by atoms with van der Waals surface area (Å²) in [6.07, 6.45) is 2.87. The highest BCUT2D eigenvalue weighted by atomic mass is 16.5. The number of piperidine rings is 1. The Kier molecular flexibility index (Phi) is 6.22. The Bertz CT molecular complexity index is 445. The van der Waals surface area contributed by atoms with E-state index in [0.29, 0.717) is 12.1 Å². The third-order valence-electron chi connectivity index (χ3n) is 4.45. The lowest BCUT2D eigenvalue weighted by atomic mass is 9.98. The van der Waals surface area contributed by atoms with Crippen LogP contribution in [0.3, 0.4) is 0 Å². The number of nitrogens with one attached hydrogen (secondary N) is 1. The zero-order chi connectivity index (χ0) is 15.2. The number of ether oxygens (including phenoxy) is 1. The first-order chi connectivity index (χ1) is 10.1. The Morgan fingerprint density at radius 2 is 2.19 bits per heavy atom. The molecule has 118 valence electrons. The van der Waals surface area contributed by atoms with Crippen molar-refractivity contribution in [3.05, 3.63) is 34.9 Å². The quantitative estimate of drug-likeness (QED) is 0.871. The first-order valence-electron chi connectivity index (χ1n) is 8.22. The molecule has 21 heavy (non-hydrogen) atoms. The second-order valence-corrected chi connectivity index (χ2v) is 6.18. The molecule has 0 aliphatic carbocycles. The van der Waals surface area contributed by atoms with E-state index >= 15 is 0 Å². The summed E-state index contributed by atoms with van der Waals surface area (Å²) in [5, 5.41) is 3.49. The van der Waals surface area contributed by atoms with Crippen LogP contribution in [-0.2, 0) is 4.74 Å². The summed E-state index contributed by atoms with van der Waals surface area (Å²) >= 11 is 0. The second-order valence-electron chi connectivity index (χ2n) is 6.18. The van der Waals surface area contributed by atoms with Gasteiger partial charge in [0.25, 0.3) is 0 Å². The van der Waals surface area contributed by atoms with Crippen molar-refractivity contribution < 1.29 is 4.74 Å². The Morgan fingerprint density at radius 1 is 1.38 bits per heavy atom. The maximum absolute atomic E-state index is 5.81. The van der Waals surface area contributed by atoms with Gasteiger partial charge in [-0.15, -0.1) is 0 Å². The van der Waals surface area contributed by atoms with Crippen molar-refractivity contribution in [3.63, 3.8) is 0 Å². The van der Waals surface area contributed by atoms with E-state index in [9.17, 15) is 0 Å². The second kappa shape index (κ2) is 7.92. The number of nitrogens with zero attached hydrogens (tertiary/aromatic N) is 1. The molecule has 1 fully saturated rings. The minimum atomic E-state index is 0.394. The number of hydrogen-bond donors (Lipinski definition) is 1. The van der Waals surface area contributed by atoms with Crippen LogP contribution >= 0.6 is 0 Å². The summed E-state index contributed by atoms with van der Waals surface area (Å²) in [4.78, 5) is 2.55. The number of likely N-dealkylation sites (tertiary alicyclic amines) is 1. The Balaban J connectivity index is 2.01. The Morgan fingerprint density at radius 3 is 2.86 bits per heavy atom. The molecule has 3 nitrogen and oxygen atoms in total. The molecule has 2 unspecified atom stereocenters. The molecule has 1 aromatic carbocycles. The van der Waals surface area contributed by atoms with Crippen LogP contribution in [0.1, 0.15) is 42.5 Å². The summed E-state index contributed by atoms with van der Waals surface area (Å²) in [7, 11) is 2.06. The standard InChI is InChI=1S/C18H30N2O/c1-5-21-16-7-6-10-20(12-16)13-18(19-4)17-9-8-14(2)11-15(17)3/h8-9,11,16,18-19H,5-7,10,12-13H2,1-4H3. The molecular weight excluding hydrogens is 260 g/mol. The molecule has 1 aliphatic heterocycles. The lowest BCUT2D eigenvalue weighted by Gasteiger charge is -2.35. The highest BCUT2D eigenvalue weighted by Gasteiger charge is 2.23. The zero-order valence-electron chi connectivity index (χ0n) is 14.0. The monoisotopic (exact) mass is 290 g/mol. The minimum absolute atomic E-state index is 0.394. The van der Waals surface area contributed by atoms with Gasteiger partial charge >= 0.3 is 0 Å². The van der Waals surface area contributed by atoms with Crippen molar-refractivity contribution in [2.75, 3.05) is 33.3 Å². The molecule has 0 radical (unpaired) electrons. The van der Waals surface area contributed by atoms with Crippen LogP contribution in [0.5, 0.6) is 0 Å². The van der Waals surface area contributed by atoms with Gasteiger partial charge < -0.3 is 10.1 Å². The summed E-state index contributed by atoms with van der Waals surface area (Å²) < 4.78 is 5.81. The van der Waals surface area contributed by atoms with Gasteiger partial charge in [-0.25, -0.2) is 0 Å². The average Bonchev–Trinajstić information content (AvgIpc) is 2.46. The zero-order valence-corrected chi connectivity index (χ0v) is 14.0. The number of likely N-dealkylation sites (N-methyl/N-ethyl adjacent to an activating group) is 1. The highest BCUT2D eigenvalue weighted by Crippen LogP contribution is 2.22.